The van der Waals surface area contributed by atoms with E-state index >= 15 is 0 Å². The van der Waals surface area contributed by atoms with Gasteiger partial charge < -0.3 is 10.6 Å². The van der Waals surface area contributed by atoms with E-state index in [1.165, 1.54) is 24.8 Å². The monoisotopic (exact) mass is 369 g/mol. The van der Waals surface area contributed by atoms with Crippen molar-refractivity contribution in [2.45, 2.75) is 70.4 Å². The standard InChI is InChI=1S/C22H31N3O2/c1-3-15-5-4-6-19(10-15)23-14(2)20(26)24-21(27)25-22-11-16-7-17(12-22)9-18(8-16)13-22/h4-6,10,14,16-18,23H,3,7-9,11-13H2,1-2H3,(H2,24,25,26,27). The van der Waals surface area contributed by atoms with Gasteiger partial charge in [-0.05, 0) is 87.3 Å². The first-order valence-electron chi connectivity index (χ1n) is 10.4. The number of imide groups is 1. The Morgan fingerprint density at radius 1 is 1.11 bits per heavy atom. The molecule has 1 aromatic carbocycles. The normalized spacial score (nSPS) is 32.0. The zero-order valence-electron chi connectivity index (χ0n) is 16.4. The molecule has 0 spiro atoms. The molecule has 0 aliphatic heterocycles. The molecule has 0 saturated heterocycles. The maximum atomic E-state index is 12.5. The first-order chi connectivity index (χ1) is 12.9. The second-order valence-corrected chi connectivity index (χ2v) is 9.06. The molecule has 3 amide bonds. The predicted molar refractivity (Wildman–Crippen MR) is 106 cm³/mol. The number of urea groups is 1. The molecule has 0 heterocycles. The lowest BCUT2D eigenvalue weighted by Gasteiger charge is -2.56. The Hall–Kier alpha value is -2.04. The van der Waals surface area contributed by atoms with E-state index in [2.05, 4.69) is 28.9 Å². The molecule has 1 atom stereocenters. The Morgan fingerprint density at radius 2 is 1.74 bits per heavy atom. The summed E-state index contributed by atoms with van der Waals surface area (Å²) in [5.41, 5.74) is 2.04. The molecule has 4 saturated carbocycles. The van der Waals surface area contributed by atoms with Crippen molar-refractivity contribution in [2.75, 3.05) is 5.32 Å². The number of nitrogens with one attached hydrogen (secondary N) is 3. The first kappa shape index (κ1) is 18.3. The van der Waals surface area contributed by atoms with Crippen LogP contribution in [-0.4, -0.2) is 23.5 Å². The maximum Gasteiger partial charge on any atom is 0.321 e. The second-order valence-electron chi connectivity index (χ2n) is 9.06. The van der Waals surface area contributed by atoms with Crippen LogP contribution in [0.5, 0.6) is 0 Å². The second kappa shape index (κ2) is 7.17. The van der Waals surface area contributed by atoms with Crippen molar-refractivity contribution in [2.24, 2.45) is 17.8 Å². The average Bonchev–Trinajstić information content (AvgIpc) is 2.60. The van der Waals surface area contributed by atoms with Gasteiger partial charge in [0.15, 0.2) is 0 Å². The molecule has 4 bridgehead atoms. The van der Waals surface area contributed by atoms with Gasteiger partial charge in [0, 0.05) is 11.2 Å². The summed E-state index contributed by atoms with van der Waals surface area (Å²) in [6, 6.07) is 7.22. The Morgan fingerprint density at radius 3 is 2.33 bits per heavy atom. The molecular weight excluding hydrogens is 338 g/mol. The van der Waals surface area contributed by atoms with Crippen molar-refractivity contribution in [1.29, 1.82) is 0 Å². The molecule has 0 aromatic heterocycles. The van der Waals surface area contributed by atoms with Crippen molar-refractivity contribution >= 4 is 17.6 Å². The van der Waals surface area contributed by atoms with Gasteiger partial charge >= 0.3 is 6.03 Å². The topological polar surface area (TPSA) is 70.2 Å². The molecule has 0 radical (unpaired) electrons. The van der Waals surface area contributed by atoms with E-state index in [1.54, 1.807) is 6.92 Å². The van der Waals surface area contributed by atoms with E-state index in [1.807, 2.05) is 18.2 Å². The van der Waals surface area contributed by atoms with E-state index in [0.29, 0.717) is 0 Å². The van der Waals surface area contributed by atoms with Gasteiger partial charge in [-0.15, -0.1) is 0 Å². The summed E-state index contributed by atoms with van der Waals surface area (Å²) >= 11 is 0. The summed E-state index contributed by atoms with van der Waals surface area (Å²) < 4.78 is 0. The van der Waals surface area contributed by atoms with Crippen LogP contribution in [0.4, 0.5) is 10.5 Å². The molecule has 4 fully saturated rings. The quantitative estimate of drug-likeness (QED) is 0.738. The summed E-state index contributed by atoms with van der Waals surface area (Å²) in [5, 5.41) is 8.93. The average molecular weight is 370 g/mol. The minimum absolute atomic E-state index is 0.0781. The third kappa shape index (κ3) is 3.97. The highest BCUT2D eigenvalue weighted by molar-refractivity contribution is 5.98. The van der Waals surface area contributed by atoms with Gasteiger partial charge in [0.2, 0.25) is 5.91 Å². The summed E-state index contributed by atoms with van der Waals surface area (Å²) in [5.74, 6) is 2.00. The fourth-order valence-corrected chi connectivity index (χ4v) is 5.95. The lowest BCUT2D eigenvalue weighted by molar-refractivity contribution is -0.120. The fourth-order valence-electron chi connectivity index (χ4n) is 5.95. The van der Waals surface area contributed by atoms with Gasteiger partial charge in [0.25, 0.3) is 0 Å². The zero-order chi connectivity index (χ0) is 19.0. The molecule has 1 aromatic rings. The predicted octanol–water partition coefficient (Wildman–Crippen LogP) is 3.84. The molecule has 4 aliphatic rings. The van der Waals surface area contributed by atoms with Gasteiger partial charge in [0.1, 0.15) is 6.04 Å². The first-order valence-corrected chi connectivity index (χ1v) is 10.4. The van der Waals surface area contributed by atoms with Crippen LogP contribution in [-0.2, 0) is 11.2 Å². The number of anilines is 1. The molecule has 3 N–H and O–H groups in total. The highest BCUT2D eigenvalue weighted by Gasteiger charge is 2.51. The van der Waals surface area contributed by atoms with E-state index in [-0.39, 0.29) is 17.5 Å². The van der Waals surface area contributed by atoms with E-state index in [9.17, 15) is 9.59 Å². The Labute approximate surface area is 161 Å². The number of carbonyl (C=O) groups excluding carboxylic acids is 2. The van der Waals surface area contributed by atoms with Crippen LogP contribution in [0.25, 0.3) is 0 Å². The van der Waals surface area contributed by atoms with E-state index in [4.69, 9.17) is 0 Å². The Kier molecular flexibility index (Phi) is 4.87. The van der Waals surface area contributed by atoms with Crippen molar-refractivity contribution in [1.82, 2.24) is 10.6 Å². The van der Waals surface area contributed by atoms with Gasteiger partial charge in [-0.2, -0.15) is 0 Å². The minimum Gasteiger partial charge on any atom is -0.374 e. The molecular formula is C22H31N3O2. The van der Waals surface area contributed by atoms with Crippen LogP contribution in [0, 0.1) is 17.8 Å². The van der Waals surface area contributed by atoms with Crippen molar-refractivity contribution in [3.05, 3.63) is 29.8 Å². The van der Waals surface area contributed by atoms with Crippen LogP contribution >= 0.6 is 0 Å². The van der Waals surface area contributed by atoms with E-state index in [0.717, 1.165) is 49.1 Å². The molecule has 1 unspecified atom stereocenters. The van der Waals surface area contributed by atoms with Gasteiger partial charge in [-0.25, -0.2) is 4.79 Å². The number of hydrogen-bond acceptors (Lipinski definition) is 3. The lowest BCUT2D eigenvalue weighted by Crippen LogP contribution is -2.62. The smallest absolute Gasteiger partial charge is 0.321 e. The number of rotatable bonds is 5. The third-order valence-electron chi connectivity index (χ3n) is 6.77. The van der Waals surface area contributed by atoms with Crippen molar-refractivity contribution in [3.63, 3.8) is 0 Å². The highest BCUT2D eigenvalue weighted by atomic mass is 16.2. The van der Waals surface area contributed by atoms with Crippen LogP contribution < -0.4 is 16.0 Å². The summed E-state index contributed by atoms with van der Waals surface area (Å²) in [7, 11) is 0. The number of carbonyl (C=O) groups is 2. The Bertz CT molecular complexity index is 695. The number of aryl methyl sites for hydroxylation is 1. The zero-order valence-corrected chi connectivity index (χ0v) is 16.4. The van der Waals surface area contributed by atoms with Crippen LogP contribution in [0.3, 0.4) is 0 Å². The van der Waals surface area contributed by atoms with Gasteiger partial charge in [0.05, 0.1) is 0 Å². The largest absolute Gasteiger partial charge is 0.374 e. The minimum atomic E-state index is -0.473. The summed E-state index contributed by atoms with van der Waals surface area (Å²) in [6.45, 7) is 3.88. The lowest BCUT2D eigenvalue weighted by atomic mass is 9.53. The van der Waals surface area contributed by atoms with Gasteiger partial charge in [-0.3, -0.25) is 10.1 Å². The van der Waals surface area contributed by atoms with Crippen molar-refractivity contribution in [3.8, 4) is 0 Å². The van der Waals surface area contributed by atoms with E-state index < -0.39 is 6.04 Å². The maximum absolute atomic E-state index is 12.5. The molecule has 5 nitrogen and oxygen atoms in total. The molecule has 4 aliphatic carbocycles. The van der Waals surface area contributed by atoms with Crippen LogP contribution in [0.1, 0.15) is 57.9 Å². The Balaban J connectivity index is 1.32. The number of benzene rings is 1. The summed E-state index contributed by atoms with van der Waals surface area (Å²) in [4.78, 5) is 25.0. The molecule has 146 valence electrons. The summed E-state index contributed by atoms with van der Waals surface area (Å²) in [6.07, 6.45) is 8.19. The van der Waals surface area contributed by atoms with Crippen molar-refractivity contribution < 1.29 is 9.59 Å². The molecule has 27 heavy (non-hydrogen) atoms. The number of amides is 3. The SMILES string of the molecule is CCc1cccc(NC(C)C(=O)NC(=O)NC23CC4CC(CC(C4)C2)C3)c1. The van der Waals surface area contributed by atoms with Gasteiger partial charge in [-0.1, -0.05) is 19.1 Å². The van der Waals surface area contributed by atoms with Crippen LogP contribution in [0.15, 0.2) is 24.3 Å². The molecule has 5 heteroatoms. The van der Waals surface area contributed by atoms with Crippen LogP contribution in [0.2, 0.25) is 0 Å². The molecule has 5 rings (SSSR count). The highest BCUT2D eigenvalue weighted by Crippen LogP contribution is 2.55. The number of hydrogen-bond donors (Lipinski definition) is 3. The third-order valence-corrected chi connectivity index (χ3v) is 6.77. The fraction of sp³-hybridized carbons (Fsp3) is 0.636.